The third-order valence-electron chi connectivity index (χ3n) is 4.56. The highest BCUT2D eigenvalue weighted by atomic mass is 15.3. The molecule has 1 unspecified atom stereocenters. The molecule has 0 aromatic carbocycles. The first-order chi connectivity index (χ1) is 10.2. The third-order valence-corrected chi connectivity index (χ3v) is 4.56. The minimum absolute atomic E-state index is 0.727. The lowest BCUT2D eigenvalue weighted by molar-refractivity contribution is 0.166. The van der Waals surface area contributed by atoms with Gasteiger partial charge in [-0.3, -0.25) is 14.6 Å². The van der Waals surface area contributed by atoms with Crippen molar-refractivity contribution in [1.82, 2.24) is 19.7 Å². The topological polar surface area (TPSA) is 34.0 Å². The summed E-state index contributed by atoms with van der Waals surface area (Å²) in [6.07, 6.45) is 7.62. The van der Waals surface area contributed by atoms with Gasteiger partial charge in [0.1, 0.15) is 0 Å². The summed E-state index contributed by atoms with van der Waals surface area (Å²) in [6.45, 7) is 5.55. The first kappa shape index (κ1) is 14.3. The minimum atomic E-state index is 0.727. The fourth-order valence-electron chi connectivity index (χ4n) is 3.22. The summed E-state index contributed by atoms with van der Waals surface area (Å²) in [5, 5.41) is 4.35. The molecule has 0 amide bonds. The summed E-state index contributed by atoms with van der Waals surface area (Å²) in [5.41, 5.74) is 3.86. The summed E-state index contributed by atoms with van der Waals surface area (Å²) < 4.78 is 1.96. The predicted molar refractivity (Wildman–Crippen MR) is 83.9 cm³/mol. The van der Waals surface area contributed by atoms with Gasteiger partial charge >= 0.3 is 0 Å². The summed E-state index contributed by atoms with van der Waals surface area (Å²) in [5.74, 6) is 0.727. The maximum Gasteiger partial charge on any atom is 0.0537 e. The quantitative estimate of drug-likeness (QED) is 0.865. The average molecular weight is 284 g/mol. The van der Waals surface area contributed by atoms with E-state index in [1.54, 1.807) is 0 Å². The van der Waals surface area contributed by atoms with Gasteiger partial charge in [0, 0.05) is 43.3 Å². The summed E-state index contributed by atoms with van der Waals surface area (Å²) in [4.78, 5) is 7.04. The van der Waals surface area contributed by atoms with Crippen LogP contribution in [0.4, 0.5) is 0 Å². The van der Waals surface area contributed by atoms with Crippen LogP contribution in [0.3, 0.4) is 0 Å². The van der Waals surface area contributed by atoms with E-state index in [9.17, 15) is 0 Å². The first-order valence-electron chi connectivity index (χ1n) is 7.82. The van der Waals surface area contributed by atoms with Crippen molar-refractivity contribution in [3.05, 3.63) is 47.5 Å². The van der Waals surface area contributed by atoms with E-state index in [1.807, 2.05) is 30.2 Å². The Balaban J connectivity index is 1.59. The Bertz CT molecular complexity index is 576. The van der Waals surface area contributed by atoms with Gasteiger partial charge in [-0.15, -0.1) is 0 Å². The molecule has 1 fully saturated rings. The van der Waals surface area contributed by atoms with E-state index >= 15 is 0 Å². The Hall–Kier alpha value is -1.68. The summed E-state index contributed by atoms with van der Waals surface area (Å²) >= 11 is 0. The van der Waals surface area contributed by atoms with Crippen molar-refractivity contribution in [2.75, 3.05) is 13.1 Å². The Morgan fingerprint density at radius 1 is 1.33 bits per heavy atom. The highest BCUT2D eigenvalue weighted by Crippen LogP contribution is 2.22. The van der Waals surface area contributed by atoms with Crippen molar-refractivity contribution >= 4 is 0 Å². The van der Waals surface area contributed by atoms with Crippen LogP contribution in [0.15, 0.2) is 30.6 Å². The van der Waals surface area contributed by atoms with E-state index in [0.717, 1.165) is 18.9 Å². The molecule has 2 aromatic heterocycles. The minimum Gasteiger partial charge on any atom is -0.299 e. The van der Waals surface area contributed by atoms with E-state index in [-0.39, 0.29) is 0 Å². The molecule has 4 heteroatoms. The highest BCUT2D eigenvalue weighted by molar-refractivity contribution is 5.15. The Morgan fingerprint density at radius 2 is 2.24 bits per heavy atom. The Labute approximate surface area is 126 Å². The van der Waals surface area contributed by atoms with Gasteiger partial charge in [0.25, 0.3) is 0 Å². The van der Waals surface area contributed by atoms with Crippen LogP contribution in [0, 0.1) is 12.8 Å². The molecule has 0 N–H and O–H groups in total. The molecular weight excluding hydrogens is 260 g/mol. The van der Waals surface area contributed by atoms with Crippen molar-refractivity contribution in [1.29, 1.82) is 0 Å². The van der Waals surface area contributed by atoms with Crippen molar-refractivity contribution < 1.29 is 0 Å². The molecule has 1 aliphatic heterocycles. The Morgan fingerprint density at radius 3 is 2.95 bits per heavy atom. The molecule has 1 atom stereocenters. The number of rotatable bonds is 4. The smallest absolute Gasteiger partial charge is 0.0537 e. The number of aryl methyl sites for hydroxylation is 1. The van der Waals surface area contributed by atoms with Gasteiger partial charge in [-0.2, -0.15) is 5.10 Å². The molecule has 0 saturated carbocycles. The number of nitrogens with zero attached hydrogens (tertiary/aromatic N) is 4. The van der Waals surface area contributed by atoms with Crippen LogP contribution in [0.1, 0.15) is 29.8 Å². The van der Waals surface area contributed by atoms with E-state index in [2.05, 4.69) is 34.0 Å². The standard InChI is InChI=1S/C17H24N4/c1-14-16(11-19-20(14)2)13-21-9-5-6-15(12-21)10-17-7-3-4-8-18-17/h3-4,7-8,11,15H,5-6,9-10,12-13H2,1-2H3. The molecule has 4 nitrogen and oxygen atoms in total. The summed E-state index contributed by atoms with van der Waals surface area (Å²) in [7, 11) is 2.01. The lowest BCUT2D eigenvalue weighted by atomic mass is 9.93. The van der Waals surface area contributed by atoms with Crippen molar-refractivity contribution in [2.24, 2.45) is 13.0 Å². The van der Waals surface area contributed by atoms with Gasteiger partial charge in [0.15, 0.2) is 0 Å². The first-order valence-corrected chi connectivity index (χ1v) is 7.82. The number of likely N-dealkylation sites (tertiary alicyclic amines) is 1. The molecule has 1 saturated heterocycles. The Kier molecular flexibility index (Phi) is 4.34. The molecule has 0 bridgehead atoms. The van der Waals surface area contributed by atoms with Crippen LogP contribution in [0.2, 0.25) is 0 Å². The van der Waals surface area contributed by atoms with E-state index in [4.69, 9.17) is 0 Å². The normalized spacial score (nSPS) is 19.8. The van der Waals surface area contributed by atoms with Gasteiger partial charge in [0.2, 0.25) is 0 Å². The fraction of sp³-hybridized carbons (Fsp3) is 0.529. The van der Waals surface area contributed by atoms with E-state index in [1.165, 1.54) is 42.9 Å². The monoisotopic (exact) mass is 284 g/mol. The lowest BCUT2D eigenvalue weighted by Gasteiger charge is -2.32. The number of pyridine rings is 1. The molecule has 112 valence electrons. The molecule has 0 aliphatic carbocycles. The van der Waals surface area contributed by atoms with Gasteiger partial charge in [-0.1, -0.05) is 6.07 Å². The zero-order valence-electron chi connectivity index (χ0n) is 13.0. The zero-order chi connectivity index (χ0) is 14.7. The molecule has 21 heavy (non-hydrogen) atoms. The zero-order valence-corrected chi connectivity index (χ0v) is 13.0. The number of hydrogen-bond acceptors (Lipinski definition) is 3. The number of hydrogen-bond donors (Lipinski definition) is 0. The third kappa shape index (κ3) is 3.50. The molecule has 3 rings (SSSR count). The van der Waals surface area contributed by atoms with Gasteiger partial charge < -0.3 is 0 Å². The maximum absolute atomic E-state index is 4.47. The van der Waals surface area contributed by atoms with Crippen LogP contribution in [0.5, 0.6) is 0 Å². The highest BCUT2D eigenvalue weighted by Gasteiger charge is 2.21. The van der Waals surface area contributed by atoms with Crippen molar-refractivity contribution in [2.45, 2.75) is 32.7 Å². The van der Waals surface area contributed by atoms with Crippen LogP contribution >= 0.6 is 0 Å². The van der Waals surface area contributed by atoms with E-state index < -0.39 is 0 Å². The second-order valence-electron chi connectivity index (χ2n) is 6.15. The lowest BCUT2D eigenvalue weighted by Crippen LogP contribution is -2.35. The molecular formula is C17H24N4. The fourth-order valence-corrected chi connectivity index (χ4v) is 3.22. The van der Waals surface area contributed by atoms with Crippen molar-refractivity contribution in [3.63, 3.8) is 0 Å². The second-order valence-corrected chi connectivity index (χ2v) is 6.15. The van der Waals surface area contributed by atoms with Gasteiger partial charge in [-0.25, -0.2) is 0 Å². The van der Waals surface area contributed by atoms with Crippen molar-refractivity contribution in [3.8, 4) is 0 Å². The maximum atomic E-state index is 4.47. The number of piperidine rings is 1. The van der Waals surface area contributed by atoms with Crippen LogP contribution in [0.25, 0.3) is 0 Å². The SMILES string of the molecule is Cc1c(CN2CCCC(Cc3ccccn3)C2)cnn1C. The summed E-state index contributed by atoms with van der Waals surface area (Å²) in [6, 6.07) is 6.22. The molecule has 3 heterocycles. The van der Waals surface area contributed by atoms with Crippen LogP contribution < -0.4 is 0 Å². The molecule has 0 radical (unpaired) electrons. The molecule has 0 spiro atoms. The predicted octanol–water partition coefficient (Wildman–Crippen LogP) is 2.58. The molecule has 1 aliphatic rings. The van der Waals surface area contributed by atoms with Gasteiger partial charge in [0.05, 0.1) is 6.20 Å². The van der Waals surface area contributed by atoms with E-state index in [0.29, 0.717) is 0 Å². The number of aromatic nitrogens is 3. The van der Waals surface area contributed by atoms with Crippen LogP contribution in [-0.4, -0.2) is 32.8 Å². The van der Waals surface area contributed by atoms with Crippen LogP contribution in [-0.2, 0) is 20.0 Å². The average Bonchev–Trinajstić information content (AvgIpc) is 2.81. The largest absolute Gasteiger partial charge is 0.299 e. The van der Waals surface area contributed by atoms with Gasteiger partial charge in [-0.05, 0) is 50.8 Å². The second kappa shape index (κ2) is 6.39. The molecule has 2 aromatic rings.